The Labute approximate surface area is 193 Å². The Hall–Kier alpha value is -2.43. The van der Waals surface area contributed by atoms with Crippen LogP contribution in [0.3, 0.4) is 0 Å². The van der Waals surface area contributed by atoms with E-state index in [-0.39, 0.29) is 5.78 Å². The van der Waals surface area contributed by atoms with Gasteiger partial charge in [-0.1, -0.05) is 65.0 Å². The van der Waals surface area contributed by atoms with Crippen molar-refractivity contribution in [3.63, 3.8) is 0 Å². The van der Waals surface area contributed by atoms with Gasteiger partial charge in [-0.25, -0.2) is 0 Å². The summed E-state index contributed by atoms with van der Waals surface area (Å²) in [6, 6.07) is 16.9. The van der Waals surface area contributed by atoms with E-state index in [1.165, 1.54) is 5.56 Å². The van der Waals surface area contributed by atoms with Gasteiger partial charge in [0.25, 0.3) is 0 Å². The van der Waals surface area contributed by atoms with Gasteiger partial charge in [-0.2, -0.15) is 0 Å². The van der Waals surface area contributed by atoms with E-state index in [9.17, 15) is 4.79 Å². The van der Waals surface area contributed by atoms with Gasteiger partial charge in [0.15, 0.2) is 0 Å². The molecular formula is C28H39N3O. The molecular weight excluding hydrogens is 394 g/mol. The van der Waals surface area contributed by atoms with Gasteiger partial charge in [0.2, 0.25) is 5.78 Å². The Bertz CT molecular complexity index is 997. The zero-order chi connectivity index (χ0) is 23.1. The molecule has 0 fully saturated rings. The third-order valence-electron chi connectivity index (χ3n) is 6.78. The van der Waals surface area contributed by atoms with Gasteiger partial charge in [0.1, 0.15) is 0 Å². The predicted octanol–water partition coefficient (Wildman–Crippen LogP) is 5.85. The molecule has 3 rings (SSSR count). The maximum Gasteiger partial charge on any atom is 0.210 e. The number of hydrogen-bond acceptors (Lipinski definition) is 3. The minimum Gasteiger partial charge on any atom is -0.313 e. The number of carbonyl (C=O) groups is 1. The van der Waals surface area contributed by atoms with E-state index in [4.69, 9.17) is 0 Å². The second-order valence-corrected chi connectivity index (χ2v) is 8.37. The van der Waals surface area contributed by atoms with E-state index in [1.807, 2.05) is 34.9 Å². The lowest BCUT2D eigenvalue weighted by Crippen LogP contribution is -2.33. The number of hydrogen-bond donors (Lipinski definition) is 0. The van der Waals surface area contributed by atoms with Crippen LogP contribution in [0.25, 0.3) is 5.52 Å². The van der Waals surface area contributed by atoms with Gasteiger partial charge < -0.3 is 9.30 Å². The topological polar surface area (TPSA) is 28.0 Å². The number of nitrogens with zero attached hydrogens (tertiary/aromatic N) is 3. The van der Waals surface area contributed by atoms with Crippen molar-refractivity contribution in [1.82, 2.24) is 14.2 Å². The number of ketones is 1. The number of aromatic nitrogens is 1. The van der Waals surface area contributed by atoms with Gasteiger partial charge >= 0.3 is 0 Å². The van der Waals surface area contributed by atoms with Crippen LogP contribution in [0.15, 0.2) is 54.7 Å². The molecule has 32 heavy (non-hydrogen) atoms. The van der Waals surface area contributed by atoms with Crippen LogP contribution in [0.4, 0.5) is 0 Å². The lowest BCUT2D eigenvalue weighted by molar-refractivity contribution is 0.103. The lowest BCUT2D eigenvalue weighted by atomic mass is 9.97. The van der Waals surface area contributed by atoms with Crippen LogP contribution in [0.5, 0.6) is 0 Å². The van der Waals surface area contributed by atoms with Crippen molar-refractivity contribution < 1.29 is 4.79 Å². The molecule has 3 aromatic rings. The number of fused-ring (bicyclic) bond motifs is 1. The molecule has 0 saturated carbocycles. The fourth-order valence-corrected chi connectivity index (χ4v) is 4.77. The predicted molar refractivity (Wildman–Crippen MR) is 135 cm³/mol. The average molecular weight is 434 g/mol. The van der Waals surface area contributed by atoms with Crippen LogP contribution in [0.1, 0.15) is 74.3 Å². The molecule has 0 N–H and O–H groups in total. The SMILES string of the molecule is CCc1cc2ccccn2c1C(=O)c1ccc(C(CCN(CC)CC)N(CC)CC)cc1. The number of rotatable bonds is 12. The smallest absolute Gasteiger partial charge is 0.210 e. The largest absolute Gasteiger partial charge is 0.313 e. The van der Waals surface area contributed by atoms with Crippen LogP contribution >= 0.6 is 0 Å². The molecule has 2 aromatic heterocycles. The van der Waals surface area contributed by atoms with Crippen molar-refractivity contribution in [3.05, 3.63) is 77.1 Å². The third-order valence-corrected chi connectivity index (χ3v) is 6.78. The quantitative estimate of drug-likeness (QED) is 0.336. The van der Waals surface area contributed by atoms with Crippen molar-refractivity contribution in [1.29, 1.82) is 0 Å². The Balaban J connectivity index is 1.88. The second kappa shape index (κ2) is 11.4. The highest BCUT2D eigenvalue weighted by atomic mass is 16.1. The Kier molecular flexibility index (Phi) is 8.66. The molecule has 4 heteroatoms. The summed E-state index contributed by atoms with van der Waals surface area (Å²) >= 11 is 0. The fourth-order valence-electron chi connectivity index (χ4n) is 4.77. The van der Waals surface area contributed by atoms with Gasteiger partial charge in [-0.3, -0.25) is 9.69 Å². The molecule has 172 valence electrons. The fraction of sp³-hybridized carbons (Fsp3) is 0.464. The summed E-state index contributed by atoms with van der Waals surface area (Å²) in [6.45, 7) is 16.3. The zero-order valence-electron chi connectivity index (χ0n) is 20.5. The lowest BCUT2D eigenvalue weighted by Gasteiger charge is -2.32. The molecule has 2 heterocycles. The van der Waals surface area contributed by atoms with E-state index in [1.54, 1.807) is 0 Å². The molecule has 0 aliphatic carbocycles. The Morgan fingerprint density at radius 1 is 0.906 bits per heavy atom. The van der Waals surface area contributed by atoms with Gasteiger partial charge in [-0.05, 0) is 74.9 Å². The van der Waals surface area contributed by atoms with Crippen LogP contribution in [0, 0.1) is 0 Å². The minimum atomic E-state index is 0.0992. The molecule has 0 aliphatic rings. The van der Waals surface area contributed by atoms with Gasteiger partial charge in [0.05, 0.1) is 5.69 Å². The third kappa shape index (κ3) is 5.13. The maximum atomic E-state index is 13.5. The van der Waals surface area contributed by atoms with Crippen molar-refractivity contribution in [2.45, 2.75) is 53.5 Å². The summed E-state index contributed by atoms with van der Waals surface area (Å²) < 4.78 is 2.03. The molecule has 1 unspecified atom stereocenters. The molecule has 4 nitrogen and oxygen atoms in total. The average Bonchev–Trinajstić information content (AvgIpc) is 3.22. The van der Waals surface area contributed by atoms with Gasteiger partial charge in [0, 0.05) is 23.3 Å². The first-order valence-electron chi connectivity index (χ1n) is 12.3. The van der Waals surface area contributed by atoms with E-state index in [0.717, 1.165) is 67.9 Å². The molecule has 0 saturated heterocycles. The first kappa shape index (κ1) is 24.2. The highest BCUT2D eigenvalue weighted by Crippen LogP contribution is 2.26. The standard InChI is InChI=1S/C28H39N3O/c1-6-22-21-25-13-11-12-19-31(25)27(22)28(32)24-16-14-23(15-17-24)26(30(9-4)10-5)18-20-29(7-2)8-3/h11-17,19,21,26H,6-10,18,20H2,1-5H3. The van der Waals surface area contributed by atoms with Crippen LogP contribution < -0.4 is 0 Å². The number of carbonyl (C=O) groups excluding carboxylic acids is 1. The van der Waals surface area contributed by atoms with Crippen molar-refractivity contribution in [2.75, 3.05) is 32.7 Å². The number of pyridine rings is 1. The van der Waals surface area contributed by atoms with Gasteiger partial charge in [-0.15, -0.1) is 0 Å². The monoisotopic (exact) mass is 433 g/mol. The molecule has 0 spiro atoms. The first-order valence-corrected chi connectivity index (χ1v) is 12.3. The summed E-state index contributed by atoms with van der Waals surface area (Å²) in [7, 11) is 0. The second-order valence-electron chi connectivity index (χ2n) is 8.37. The van der Waals surface area contributed by atoms with Crippen molar-refractivity contribution in [2.24, 2.45) is 0 Å². The molecule has 0 aliphatic heterocycles. The number of aryl methyl sites for hydroxylation is 1. The van der Waals surface area contributed by atoms with Crippen LogP contribution in [-0.4, -0.2) is 52.7 Å². The van der Waals surface area contributed by atoms with Crippen molar-refractivity contribution in [3.8, 4) is 0 Å². The van der Waals surface area contributed by atoms with Crippen molar-refractivity contribution >= 4 is 11.3 Å². The van der Waals surface area contributed by atoms with E-state index >= 15 is 0 Å². The molecule has 0 radical (unpaired) electrons. The number of benzene rings is 1. The summed E-state index contributed by atoms with van der Waals surface area (Å²) in [6.07, 6.45) is 3.93. The molecule has 0 bridgehead atoms. The Morgan fingerprint density at radius 2 is 1.59 bits per heavy atom. The normalized spacial score (nSPS) is 12.7. The molecule has 1 aromatic carbocycles. The summed E-state index contributed by atoms with van der Waals surface area (Å²) in [5.74, 6) is 0.0992. The summed E-state index contributed by atoms with van der Waals surface area (Å²) in [5.41, 5.74) is 5.02. The first-order chi connectivity index (χ1) is 15.6. The molecule has 1 atom stereocenters. The highest BCUT2D eigenvalue weighted by Gasteiger charge is 2.21. The van der Waals surface area contributed by atoms with E-state index in [0.29, 0.717) is 6.04 Å². The zero-order valence-corrected chi connectivity index (χ0v) is 20.5. The minimum absolute atomic E-state index is 0.0992. The Morgan fingerprint density at radius 3 is 2.19 bits per heavy atom. The van der Waals surface area contributed by atoms with E-state index < -0.39 is 0 Å². The summed E-state index contributed by atoms with van der Waals surface area (Å²) in [5, 5.41) is 0. The summed E-state index contributed by atoms with van der Waals surface area (Å²) in [4.78, 5) is 18.5. The molecule has 0 amide bonds. The maximum absolute atomic E-state index is 13.5. The highest BCUT2D eigenvalue weighted by molar-refractivity contribution is 6.09. The van der Waals surface area contributed by atoms with Crippen LogP contribution in [0.2, 0.25) is 0 Å². The van der Waals surface area contributed by atoms with E-state index in [2.05, 4.69) is 68.7 Å². The van der Waals surface area contributed by atoms with Crippen LogP contribution in [-0.2, 0) is 6.42 Å².